The smallest absolute Gasteiger partial charge is 0.161 e. The lowest BCUT2D eigenvalue weighted by Gasteiger charge is -2.14. The van der Waals surface area contributed by atoms with Crippen LogP contribution in [0.3, 0.4) is 0 Å². The lowest BCUT2D eigenvalue weighted by atomic mass is 10.0. The maximum absolute atomic E-state index is 16.1. The molecule has 8 nitrogen and oxygen atoms in total. The number of aliphatic hydroxyl groups excluding tert-OH is 1. The molecule has 0 radical (unpaired) electrons. The van der Waals surface area contributed by atoms with Gasteiger partial charge in [0.15, 0.2) is 11.5 Å². The van der Waals surface area contributed by atoms with Gasteiger partial charge in [-0.1, -0.05) is 25.5 Å². The number of aromatic amines is 2. The van der Waals surface area contributed by atoms with E-state index in [4.69, 9.17) is 4.98 Å². The fraction of sp³-hybridized carbons (Fsp3) is 0.172. The molecule has 196 valence electrons. The summed E-state index contributed by atoms with van der Waals surface area (Å²) in [6.45, 7) is 2.06. The molecule has 4 heterocycles. The van der Waals surface area contributed by atoms with Crippen LogP contribution in [-0.2, 0) is 0 Å². The van der Waals surface area contributed by atoms with E-state index in [1.54, 1.807) is 55.0 Å². The van der Waals surface area contributed by atoms with Crippen molar-refractivity contribution in [2.75, 3.05) is 5.32 Å². The Kier molecular flexibility index (Phi) is 6.45. The molecule has 6 aromatic rings. The summed E-state index contributed by atoms with van der Waals surface area (Å²) in [5.74, 6) is -0.457. The minimum Gasteiger partial charge on any atom is -0.374 e. The summed E-state index contributed by atoms with van der Waals surface area (Å²) >= 11 is 0. The second-order valence-electron chi connectivity index (χ2n) is 9.33. The summed E-state index contributed by atoms with van der Waals surface area (Å²) in [6, 6.07) is 13.1. The SMILES string of the molecule is CCCCC(O)Nc1cncc(-c2ccc3[nH]nc(-c4nc5c(-c6ccc(F)cc6)ccnc5[nH]4)c3c2F)c1. The van der Waals surface area contributed by atoms with E-state index in [1.165, 1.54) is 12.1 Å². The third-order valence-corrected chi connectivity index (χ3v) is 6.64. The Morgan fingerprint density at radius 2 is 1.85 bits per heavy atom. The highest BCUT2D eigenvalue weighted by Gasteiger charge is 2.21. The minimum absolute atomic E-state index is 0.274. The number of hydrogen-bond donors (Lipinski definition) is 4. The molecule has 0 saturated heterocycles. The van der Waals surface area contributed by atoms with E-state index in [0.29, 0.717) is 51.4 Å². The number of hydrogen-bond acceptors (Lipinski definition) is 6. The van der Waals surface area contributed by atoms with Crippen LogP contribution in [0.25, 0.3) is 55.8 Å². The first-order valence-corrected chi connectivity index (χ1v) is 12.7. The van der Waals surface area contributed by atoms with Crippen molar-refractivity contribution < 1.29 is 13.9 Å². The molecular formula is C29H25F2N7O. The van der Waals surface area contributed by atoms with Crippen molar-refractivity contribution in [3.63, 3.8) is 0 Å². The van der Waals surface area contributed by atoms with E-state index in [1.807, 2.05) is 0 Å². The molecule has 0 aliphatic rings. The summed E-state index contributed by atoms with van der Waals surface area (Å²) in [7, 11) is 0. The van der Waals surface area contributed by atoms with Crippen LogP contribution in [0, 0.1) is 11.6 Å². The third-order valence-electron chi connectivity index (χ3n) is 6.64. The number of aliphatic hydroxyl groups is 1. The van der Waals surface area contributed by atoms with Gasteiger partial charge in [0.05, 0.1) is 22.8 Å². The fourth-order valence-corrected chi connectivity index (χ4v) is 4.68. The molecule has 1 unspecified atom stereocenters. The second kappa shape index (κ2) is 10.2. The first-order valence-electron chi connectivity index (χ1n) is 12.7. The van der Waals surface area contributed by atoms with E-state index in [9.17, 15) is 9.50 Å². The summed E-state index contributed by atoms with van der Waals surface area (Å²) in [5, 5.41) is 20.8. The van der Waals surface area contributed by atoms with Crippen LogP contribution in [0.4, 0.5) is 14.5 Å². The molecule has 0 aliphatic heterocycles. The van der Waals surface area contributed by atoms with Gasteiger partial charge in [-0.3, -0.25) is 10.1 Å². The average molecular weight is 526 g/mol. The Morgan fingerprint density at radius 3 is 2.67 bits per heavy atom. The average Bonchev–Trinajstić information content (AvgIpc) is 3.57. The lowest BCUT2D eigenvalue weighted by Crippen LogP contribution is -2.18. The number of anilines is 1. The number of rotatable bonds is 8. The highest BCUT2D eigenvalue weighted by atomic mass is 19.1. The quantitative estimate of drug-likeness (QED) is 0.170. The zero-order valence-electron chi connectivity index (χ0n) is 21.0. The number of benzene rings is 2. The van der Waals surface area contributed by atoms with Gasteiger partial charge in [-0.15, -0.1) is 0 Å². The summed E-state index contributed by atoms with van der Waals surface area (Å²) in [6.07, 6.45) is 6.57. The van der Waals surface area contributed by atoms with Gasteiger partial charge < -0.3 is 15.4 Å². The van der Waals surface area contributed by atoms with Crippen molar-refractivity contribution in [1.29, 1.82) is 0 Å². The summed E-state index contributed by atoms with van der Waals surface area (Å²) in [4.78, 5) is 16.5. The molecule has 39 heavy (non-hydrogen) atoms. The van der Waals surface area contributed by atoms with Gasteiger partial charge in [0, 0.05) is 29.1 Å². The van der Waals surface area contributed by atoms with Gasteiger partial charge in [0.2, 0.25) is 0 Å². The normalized spacial score (nSPS) is 12.3. The molecule has 10 heteroatoms. The van der Waals surface area contributed by atoms with Gasteiger partial charge >= 0.3 is 0 Å². The Morgan fingerprint density at radius 1 is 1.00 bits per heavy atom. The van der Waals surface area contributed by atoms with Gasteiger partial charge in [-0.25, -0.2) is 18.7 Å². The maximum atomic E-state index is 16.1. The van der Waals surface area contributed by atoms with Crippen LogP contribution in [0.5, 0.6) is 0 Å². The van der Waals surface area contributed by atoms with Crippen molar-refractivity contribution in [3.05, 3.63) is 78.8 Å². The maximum Gasteiger partial charge on any atom is 0.161 e. The molecule has 0 spiro atoms. The standard InChI is InChI=1S/C29H25F2N7O/c1-2-3-4-23(39)34-19-13-17(14-32-15-19)20-9-10-22-24(25(20)31)27(38-37-22)29-35-26-21(11-12-33-28(26)36-29)16-5-7-18(30)8-6-16/h5-15,23,34,39H,2-4H2,1H3,(H,37,38)(H,33,35,36). The topological polar surface area (TPSA) is 115 Å². The van der Waals surface area contributed by atoms with Crippen LogP contribution >= 0.6 is 0 Å². The van der Waals surface area contributed by atoms with Crippen LogP contribution in [0.2, 0.25) is 0 Å². The Hall–Kier alpha value is -4.70. The number of halogens is 2. The molecule has 0 amide bonds. The van der Waals surface area contributed by atoms with Crippen LogP contribution < -0.4 is 5.32 Å². The van der Waals surface area contributed by atoms with E-state index >= 15 is 4.39 Å². The van der Waals surface area contributed by atoms with Crippen LogP contribution in [0.15, 0.2) is 67.1 Å². The third kappa shape index (κ3) is 4.70. The molecule has 2 aromatic carbocycles. The largest absolute Gasteiger partial charge is 0.374 e. The molecule has 4 aromatic heterocycles. The Bertz CT molecular complexity index is 1780. The van der Waals surface area contributed by atoms with Gasteiger partial charge in [0.1, 0.15) is 29.1 Å². The number of nitrogens with one attached hydrogen (secondary N) is 3. The summed E-state index contributed by atoms with van der Waals surface area (Å²) < 4.78 is 29.6. The number of aromatic nitrogens is 6. The molecule has 0 bridgehead atoms. The molecule has 4 N–H and O–H groups in total. The zero-order chi connectivity index (χ0) is 26.9. The number of nitrogens with zero attached hydrogens (tertiary/aromatic N) is 4. The van der Waals surface area contributed by atoms with Crippen molar-refractivity contribution in [2.24, 2.45) is 0 Å². The first-order chi connectivity index (χ1) is 19.0. The van der Waals surface area contributed by atoms with Crippen molar-refractivity contribution in [3.8, 4) is 33.8 Å². The highest BCUT2D eigenvalue weighted by Crippen LogP contribution is 2.35. The summed E-state index contributed by atoms with van der Waals surface area (Å²) in [5.41, 5.74) is 4.92. The minimum atomic E-state index is -0.712. The fourth-order valence-electron chi connectivity index (χ4n) is 4.68. The molecule has 1 atom stereocenters. The van der Waals surface area contributed by atoms with E-state index in [2.05, 4.69) is 37.4 Å². The number of unbranched alkanes of at least 4 members (excludes halogenated alkanes) is 1. The molecule has 6 rings (SSSR count). The number of H-pyrrole nitrogens is 2. The first kappa shape index (κ1) is 24.6. The van der Waals surface area contributed by atoms with E-state index in [-0.39, 0.29) is 11.2 Å². The molecule has 0 saturated carbocycles. The van der Waals surface area contributed by atoms with Gasteiger partial charge in [-0.05, 0) is 54.8 Å². The van der Waals surface area contributed by atoms with Crippen molar-refractivity contribution in [2.45, 2.75) is 32.4 Å². The van der Waals surface area contributed by atoms with Crippen LogP contribution in [0.1, 0.15) is 26.2 Å². The predicted octanol–water partition coefficient (Wildman–Crippen LogP) is 6.43. The molecular weight excluding hydrogens is 500 g/mol. The Labute approximate surface area is 222 Å². The Balaban J connectivity index is 1.40. The molecule has 0 aliphatic carbocycles. The number of imidazole rings is 1. The van der Waals surface area contributed by atoms with E-state index < -0.39 is 12.0 Å². The van der Waals surface area contributed by atoms with Crippen molar-refractivity contribution >= 4 is 27.8 Å². The van der Waals surface area contributed by atoms with E-state index in [0.717, 1.165) is 24.0 Å². The van der Waals surface area contributed by atoms with Crippen LogP contribution in [-0.4, -0.2) is 41.5 Å². The monoisotopic (exact) mass is 525 g/mol. The predicted molar refractivity (Wildman–Crippen MR) is 147 cm³/mol. The van der Waals surface area contributed by atoms with Crippen molar-refractivity contribution in [1.82, 2.24) is 30.1 Å². The molecule has 0 fully saturated rings. The zero-order valence-corrected chi connectivity index (χ0v) is 21.0. The van der Waals surface area contributed by atoms with Gasteiger partial charge in [-0.2, -0.15) is 5.10 Å². The highest BCUT2D eigenvalue weighted by molar-refractivity contribution is 5.98. The second-order valence-corrected chi connectivity index (χ2v) is 9.33. The number of pyridine rings is 2. The van der Waals surface area contributed by atoms with Gasteiger partial charge in [0.25, 0.3) is 0 Å². The number of fused-ring (bicyclic) bond motifs is 2. The lowest BCUT2D eigenvalue weighted by molar-refractivity contribution is 0.190.